The Morgan fingerprint density at radius 3 is 2.63 bits per heavy atom. The minimum absolute atomic E-state index is 0.496. The van der Waals surface area contributed by atoms with E-state index in [0.717, 1.165) is 24.3 Å². The van der Waals surface area contributed by atoms with E-state index in [1.165, 1.54) is 12.1 Å². The first-order valence-corrected chi connectivity index (χ1v) is 8.91. The Kier molecular flexibility index (Phi) is 5.88. The summed E-state index contributed by atoms with van der Waals surface area (Å²) < 4.78 is 38.8. The summed E-state index contributed by atoms with van der Waals surface area (Å²) >= 11 is 0. The third-order valence-electron chi connectivity index (χ3n) is 4.41. The second kappa shape index (κ2) is 8.32. The lowest BCUT2D eigenvalue weighted by molar-refractivity contribution is -0.137. The predicted molar refractivity (Wildman–Crippen MR) is 98.6 cm³/mol. The third-order valence-corrected chi connectivity index (χ3v) is 4.41. The summed E-state index contributed by atoms with van der Waals surface area (Å²) in [6, 6.07) is 7.37. The fraction of sp³-hybridized carbons (Fsp3) is 0.444. The van der Waals surface area contributed by atoms with Crippen LogP contribution in [0.2, 0.25) is 0 Å². The molecule has 2 N–H and O–H groups in total. The van der Waals surface area contributed by atoms with E-state index in [1.54, 1.807) is 12.3 Å². The summed E-state index contributed by atoms with van der Waals surface area (Å²) in [6.45, 7) is 5.89. The number of nitrogens with zero attached hydrogens (tertiary/aromatic N) is 4. The zero-order chi connectivity index (χ0) is 19.3. The molecule has 1 aromatic heterocycles. The second-order valence-electron chi connectivity index (χ2n) is 6.27. The molecule has 3 rings (SSSR count). The van der Waals surface area contributed by atoms with Crippen molar-refractivity contribution in [2.75, 3.05) is 37.6 Å². The number of guanidine groups is 1. The van der Waals surface area contributed by atoms with Gasteiger partial charge in [0, 0.05) is 44.6 Å². The van der Waals surface area contributed by atoms with Gasteiger partial charge in [0.05, 0.1) is 17.8 Å². The quantitative estimate of drug-likeness (QED) is 0.633. The Labute approximate surface area is 156 Å². The number of hydrogen-bond acceptors (Lipinski definition) is 3. The lowest BCUT2D eigenvalue weighted by Gasteiger charge is -2.37. The molecule has 0 bridgehead atoms. The van der Waals surface area contributed by atoms with Gasteiger partial charge in [-0.1, -0.05) is 6.07 Å². The zero-order valence-electron chi connectivity index (χ0n) is 15.1. The van der Waals surface area contributed by atoms with Gasteiger partial charge in [0.1, 0.15) is 0 Å². The molecule has 2 heterocycles. The van der Waals surface area contributed by atoms with Crippen LogP contribution in [0.3, 0.4) is 0 Å². The van der Waals surface area contributed by atoms with Gasteiger partial charge in [-0.2, -0.15) is 18.3 Å². The van der Waals surface area contributed by atoms with Crippen LogP contribution in [-0.4, -0.2) is 53.8 Å². The van der Waals surface area contributed by atoms with Crippen LogP contribution >= 0.6 is 0 Å². The van der Waals surface area contributed by atoms with Crippen molar-refractivity contribution >= 4 is 11.6 Å². The maximum absolute atomic E-state index is 12.9. The number of benzene rings is 1. The van der Waals surface area contributed by atoms with Crippen molar-refractivity contribution in [2.24, 2.45) is 4.99 Å². The van der Waals surface area contributed by atoms with Crippen molar-refractivity contribution in [3.8, 4) is 0 Å². The first kappa shape index (κ1) is 19.1. The van der Waals surface area contributed by atoms with Gasteiger partial charge in [-0.15, -0.1) is 0 Å². The molecule has 2 aromatic rings. The molecular formula is C18H23F3N6. The fourth-order valence-electron chi connectivity index (χ4n) is 3.01. The number of alkyl halides is 3. The molecule has 1 aromatic carbocycles. The van der Waals surface area contributed by atoms with Gasteiger partial charge in [-0.3, -0.25) is 5.10 Å². The van der Waals surface area contributed by atoms with Gasteiger partial charge in [-0.05, 0) is 31.2 Å². The molecule has 0 unspecified atom stereocenters. The molecule has 1 aliphatic rings. The number of nitrogens with one attached hydrogen (secondary N) is 2. The minimum atomic E-state index is -4.32. The highest BCUT2D eigenvalue weighted by Gasteiger charge is 2.31. The minimum Gasteiger partial charge on any atom is -0.368 e. The maximum Gasteiger partial charge on any atom is 0.416 e. The SMILES string of the molecule is CCNC(=NCc1ccn[nH]1)N1CCN(c2cccc(C(F)(F)F)c2)CC1. The van der Waals surface area contributed by atoms with Gasteiger partial charge in [0.2, 0.25) is 0 Å². The van der Waals surface area contributed by atoms with E-state index >= 15 is 0 Å². The molecule has 1 aliphatic heterocycles. The van der Waals surface area contributed by atoms with E-state index < -0.39 is 11.7 Å². The van der Waals surface area contributed by atoms with Gasteiger partial charge < -0.3 is 15.1 Å². The summed E-state index contributed by atoms with van der Waals surface area (Å²) in [7, 11) is 0. The number of aromatic nitrogens is 2. The van der Waals surface area contributed by atoms with E-state index in [9.17, 15) is 13.2 Å². The van der Waals surface area contributed by atoms with E-state index in [-0.39, 0.29) is 0 Å². The molecule has 0 spiro atoms. The number of piperazine rings is 1. The van der Waals surface area contributed by atoms with E-state index in [2.05, 4.69) is 25.4 Å². The van der Waals surface area contributed by atoms with Crippen LogP contribution in [0.4, 0.5) is 18.9 Å². The highest BCUT2D eigenvalue weighted by atomic mass is 19.4. The van der Waals surface area contributed by atoms with Gasteiger partial charge in [0.25, 0.3) is 0 Å². The van der Waals surface area contributed by atoms with Gasteiger partial charge in [0.15, 0.2) is 5.96 Å². The highest BCUT2D eigenvalue weighted by Crippen LogP contribution is 2.31. The van der Waals surface area contributed by atoms with Crippen LogP contribution in [0.15, 0.2) is 41.5 Å². The Balaban J connectivity index is 1.64. The van der Waals surface area contributed by atoms with Crippen molar-refractivity contribution in [2.45, 2.75) is 19.6 Å². The number of aromatic amines is 1. The Bertz CT molecular complexity index is 749. The largest absolute Gasteiger partial charge is 0.416 e. The first-order chi connectivity index (χ1) is 13.0. The molecule has 146 valence electrons. The molecule has 0 amide bonds. The zero-order valence-corrected chi connectivity index (χ0v) is 15.1. The van der Waals surface area contributed by atoms with Crippen molar-refractivity contribution in [3.63, 3.8) is 0 Å². The molecule has 27 heavy (non-hydrogen) atoms. The smallest absolute Gasteiger partial charge is 0.368 e. The maximum atomic E-state index is 12.9. The molecule has 9 heteroatoms. The highest BCUT2D eigenvalue weighted by molar-refractivity contribution is 5.80. The lowest BCUT2D eigenvalue weighted by Crippen LogP contribution is -2.52. The average molecular weight is 380 g/mol. The summed E-state index contributed by atoms with van der Waals surface area (Å²) in [5.74, 6) is 0.802. The predicted octanol–water partition coefficient (Wildman–Crippen LogP) is 2.72. The molecule has 1 saturated heterocycles. The van der Waals surface area contributed by atoms with Crippen LogP contribution < -0.4 is 10.2 Å². The van der Waals surface area contributed by atoms with Crippen LogP contribution in [-0.2, 0) is 12.7 Å². The molecule has 6 nitrogen and oxygen atoms in total. The molecule has 0 aliphatic carbocycles. The van der Waals surface area contributed by atoms with Gasteiger partial charge >= 0.3 is 6.18 Å². The fourth-order valence-corrected chi connectivity index (χ4v) is 3.01. The molecule has 0 saturated carbocycles. The van der Waals surface area contributed by atoms with Crippen LogP contribution in [0.5, 0.6) is 0 Å². The third kappa shape index (κ3) is 4.93. The summed E-state index contributed by atoms with van der Waals surface area (Å²) in [5.41, 5.74) is 0.911. The summed E-state index contributed by atoms with van der Waals surface area (Å²) in [5, 5.41) is 10.1. The number of halogens is 3. The molecule has 0 radical (unpaired) electrons. The second-order valence-corrected chi connectivity index (χ2v) is 6.27. The van der Waals surface area contributed by atoms with Crippen molar-refractivity contribution in [1.29, 1.82) is 0 Å². The van der Waals surface area contributed by atoms with Crippen molar-refractivity contribution < 1.29 is 13.2 Å². The van der Waals surface area contributed by atoms with Crippen molar-refractivity contribution in [3.05, 3.63) is 47.8 Å². The number of rotatable bonds is 4. The Morgan fingerprint density at radius 2 is 2.00 bits per heavy atom. The number of H-pyrrole nitrogens is 1. The summed E-state index contributed by atoms with van der Waals surface area (Å²) in [4.78, 5) is 8.72. The molecule has 1 fully saturated rings. The average Bonchev–Trinajstić information content (AvgIpc) is 3.18. The Morgan fingerprint density at radius 1 is 1.22 bits per heavy atom. The van der Waals surface area contributed by atoms with Crippen LogP contribution in [0.25, 0.3) is 0 Å². The normalized spacial score (nSPS) is 15.9. The van der Waals surface area contributed by atoms with E-state index in [4.69, 9.17) is 0 Å². The summed E-state index contributed by atoms with van der Waals surface area (Å²) in [6.07, 6.45) is -2.64. The number of anilines is 1. The first-order valence-electron chi connectivity index (χ1n) is 8.91. The molecular weight excluding hydrogens is 357 g/mol. The molecule has 0 atom stereocenters. The topological polar surface area (TPSA) is 59.6 Å². The number of hydrogen-bond donors (Lipinski definition) is 2. The van der Waals surface area contributed by atoms with Gasteiger partial charge in [-0.25, -0.2) is 4.99 Å². The Hall–Kier alpha value is -2.71. The monoisotopic (exact) mass is 380 g/mol. The van der Waals surface area contributed by atoms with Crippen LogP contribution in [0, 0.1) is 0 Å². The van der Waals surface area contributed by atoms with E-state index in [0.29, 0.717) is 38.4 Å². The lowest BCUT2D eigenvalue weighted by atomic mass is 10.1. The number of aliphatic imine (C=N–C) groups is 1. The van der Waals surface area contributed by atoms with E-state index in [1.807, 2.05) is 17.9 Å². The van der Waals surface area contributed by atoms with Crippen molar-refractivity contribution in [1.82, 2.24) is 20.4 Å². The standard InChI is InChI=1S/C18H23F3N6/c1-2-22-17(23-13-15-6-7-24-25-15)27-10-8-26(9-11-27)16-5-3-4-14(12-16)18(19,20)21/h3-7,12H,2,8-11,13H2,1H3,(H,22,23)(H,24,25). The van der Waals surface area contributed by atoms with Crippen LogP contribution in [0.1, 0.15) is 18.2 Å².